The number of rotatable bonds is 3. The molecular formula is C18H22O5S. The second kappa shape index (κ2) is 5.92. The van der Waals surface area contributed by atoms with E-state index in [1.54, 1.807) is 21.0 Å². The van der Waals surface area contributed by atoms with Crippen LogP contribution in [0.5, 0.6) is 11.5 Å². The van der Waals surface area contributed by atoms with Gasteiger partial charge in [0, 0.05) is 17.4 Å². The van der Waals surface area contributed by atoms with E-state index >= 15 is 0 Å². The van der Waals surface area contributed by atoms with Gasteiger partial charge in [0.25, 0.3) is 0 Å². The van der Waals surface area contributed by atoms with E-state index in [9.17, 15) is 9.00 Å². The fraction of sp³-hybridized carbons (Fsp3) is 0.500. The van der Waals surface area contributed by atoms with Gasteiger partial charge in [-0.2, -0.15) is 0 Å². The van der Waals surface area contributed by atoms with Gasteiger partial charge < -0.3 is 14.2 Å². The highest BCUT2D eigenvalue weighted by molar-refractivity contribution is 7.88. The summed E-state index contributed by atoms with van der Waals surface area (Å²) in [5.41, 5.74) is 1.65. The Hall–Kier alpha value is -1.82. The molecule has 6 heteroatoms. The lowest BCUT2D eigenvalue weighted by molar-refractivity contribution is -0.146. The van der Waals surface area contributed by atoms with Crippen LogP contribution in [0, 0.1) is 5.92 Å². The molecule has 0 amide bonds. The predicted octanol–water partition coefficient (Wildman–Crippen LogP) is 2.77. The van der Waals surface area contributed by atoms with E-state index in [0.29, 0.717) is 18.1 Å². The molecule has 2 aliphatic rings. The van der Waals surface area contributed by atoms with Crippen molar-refractivity contribution in [2.75, 3.05) is 13.7 Å². The number of cyclic esters (lactones) is 1. The zero-order valence-corrected chi connectivity index (χ0v) is 15.1. The first-order valence-corrected chi connectivity index (χ1v) is 9.08. The number of esters is 1. The minimum absolute atomic E-state index is 0.135. The Morgan fingerprint density at radius 1 is 1.42 bits per heavy atom. The molecule has 0 radical (unpaired) electrons. The van der Waals surface area contributed by atoms with Gasteiger partial charge in [-0.25, -0.2) is 0 Å². The van der Waals surface area contributed by atoms with Gasteiger partial charge in [0.2, 0.25) is 0 Å². The molecule has 0 aliphatic carbocycles. The molecule has 1 fully saturated rings. The summed E-state index contributed by atoms with van der Waals surface area (Å²) in [7, 11) is 0.0970. The molecule has 0 N–H and O–H groups in total. The van der Waals surface area contributed by atoms with Gasteiger partial charge in [-0.15, -0.1) is 0 Å². The van der Waals surface area contributed by atoms with Gasteiger partial charge in [-0.05, 0) is 32.9 Å². The molecule has 0 bridgehead atoms. The molecule has 5 nitrogen and oxygen atoms in total. The Labute approximate surface area is 144 Å². The lowest BCUT2D eigenvalue weighted by Gasteiger charge is -2.36. The zero-order valence-electron chi connectivity index (χ0n) is 14.3. The minimum Gasteiger partial charge on any atom is -0.496 e. The highest BCUT2D eigenvalue weighted by atomic mass is 32.2. The Kier molecular flexibility index (Phi) is 4.20. The van der Waals surface area contributed by atoms with Crippen LogP contribution in [0.3, 0.4) is 0 Å². The number of ether oxygens (including phenoxy) is 3. The largest absolute Gasteiger partial charge is 0.496 e. The molecule has 1 aromatic carbocycles. The Morgan fingerprint density at radius 2 is 2.12 bits per heavy atom. The molecule has 4 atom stereocenters. The molecule has 1 aromatic rings. The molecule has 3 rings (SSSR count). The van der Waals surface area contributed by atoms with Crippen molar-refractivity contribution in [2.24, 2.45) is 5.92 Å². The van der Waals surface area contributed by atoms with Gasteiger partial charge in [0.1, 0.15) is 16.7 Å². The van der Waals surface area contributed by atoms with E-state index in [0.717, 1.165) is 11.1 Å². The molecule has 24 heavy (non-hydrogen) atoms. The quantitative estimate of drug-likeness (QED) is 0.620. The Balaban J connectivity index is 2.18. The van der Waals surface area contributed by atoms with Gasteiger partial charge in [-0.1, -0.05) is 18.2 Å². The Bertz CT molecular complexity index is 710. The zero-order chi connectivity index (χ0) is 17.6. The van der Waals surface area contributed by atoms with Crippen molar-refractivity contribution >= 4 is 16.8 Å². The van der Waals surface area contributed by atoms with Crippen LogP contribution >= 0.6 is 0 Å². The first kappa shape index (κ1) is 17.0. The summed E-state index contributed by atoms with van der Waals surface area (Å²) in [5, 5.41) is -0.763. The molecular weight excluding hydrogens is 328 g/mol. The third kappa shape index (κ3) is 2.53. The molecule has 1 unspecified atom stereocenters. The number of benzene rings is 1. The van der Waals surface area contributed by atoms with Gasteiger partial charge >= 0.3 is 5.97 Å². The van der Waals surface area contributed by atoms with Crippen LogP contribution in [0.15, 0.2) is 30.4 Å². The van der Waals surface area contributed by atoms with Crippen molar-refractivity contribution in [3.63, 3.8) is 0 Å². The number of methoxy groups -OCH3 is 1. The maximum absolute atomic E-state index is 13.0. The van der Waals surface area contributed by atoms with Crippen molar-refractivity contribution in [1.29, 1.82) is 0 Å². The van der Waals surface area contributed by atoms with Crippen LogP contribution in [0.1, 0.15) is 32.3 Å². The highest BCUT2D eigenvalue weighted by Gasteiger charge is 2.55. The summed E-state index contributed by atoms with van der Waals surface area (Å²) >= 11 is 0. The maximum atomic E-state index is 13.0. The summed E-state index contributed by atoms with van der Waals surface area (Å²) < 4.78 is 29.7. The monoisotopic (exact) mass is 350 g/mol. The van der Waals surface area contributed by atoms with E-state index in [4.69, 9.17) is 14.2 Å². The summed E-state index contributed by atoms with van der Waals surface area (Å²) in [6, 6.07) is 5.50. The molecule has 0 aromatic heterocycles. The van der Waals surface area contributed by atoms with E-state index in [-0.39, 0.29) is 11.8 Å². The van der Waals surface area contributed by atoms with E-state index in [1.807, 2.05) is 25.1 Å². The minimum atomic E-state index is -1.48. The molecule has 0 spiro atoms. The third-order valence-corrected chi connectivity index (χ3v) is 6.68. The summed E-state index contributed by atoms with van der Waals surface area (Å²) in [6.45, 7) is 9.69. The number of fused-ring (bicyclic) bond motifs is 1. The van der Waals surface area contributed by atoms with Crippen LogP contribution in [0.4, 0.5) is 0 Å². The first-order valence-electron chi connectivity index (χ1n) is 7.86. The van der Waals surface area contributed by atoms with Crippen LogP contribution < -0.4 is 9.47 Å². The van der Waals surface area contributed by atoms with Crippen molar-refractivity contribution in [2.45, 2.75) is 36.9 Å². The van der Waals surface area contributed by atoms with Crippen molar-refractivity contribution < 1.29 is 23.2 Å². The molecule has 0 saturated carbocycles. The van der Waals surface area contributed by atoms with Crippen LogP contribution in [-0.4, -0.2) is 34.1 Å². The van der Waals surface area contributed by atoms with Crippen molar-refractivity contribution in [3.05, 3.63) is 35.9 Å². The predicted molar refractivity (Wildman–Crippen MR) is 91.6 cm³/mol. The summed E-state index contributed by atoms with van der Waals surface area (Å²) in [4.78, 5) is 11.6. The lowest BCUT2D eigenvalue weighted by Crippen LogP contribution is -2.39. The van der Waals surface area contributed by atoms with Crippen LogP contribution in [0.2, 0.25) is 0 Å². The Morgan fingerprint density at radius 3 is 2.67 bits per heavy atom. The van der Waals surface area contributed by atoms with E-state index in [2.05, 4.69) is 6.58 Å². The van der Waals surface area contributed by atoms with Crippen molar-refractivity contribution in [3.8, 4) is 11.5 Å². The lowest BCUT2D eigenvalue weighted by atomic mass is 9.78. The average Bonchev–Trinajstić information content (AvgIpc) is 2.73. The highest BCUT2D eigenvalue weighted by Crippen LogP contribution is 2.50. The molecule has 130 valence electrons. The first-order chi connectivity index (χ1) is 11.3. The number of carbonyl (C=O) groups excluding carboxylic acids is 1. The fourth-order valence-corrected chi connectivity index (χ4v) is 5.06. The number of carbonyl (C=O) groups is 1. The van der Waals surface area contributed by atoms with E-state index in [1.165, 1.54) is 0 Å². The third-order valence-electron chi connectivity index (χ3n) is 4.68. The van der Waals surface area contributed by atoms with Gasteiger partial charge in [0.15, 0.2) is 4.93 Å². The smallest absolute Gasteiger partial charge is 0.324 e. The van der Waals surface area contributed by atoms with Crippen LogP contribution in [0.25, 0.3) is 0 Å². The SMILES string of the molecule is C=C(C)[C@H]1COc2cccc(OC)c2[C@H]1C1C(=O)OC(C)(C)[S@]1=O. The maximum Gasteiger partial charge on any atom is 0.324 e. The van der Waals surface area contributed by atoms with E-state index < -0.39 is 27.0 Å². The fourth-order valence-electron chi connectivity index (χ4n) is 3.47. The molecule has 2 heterocycles. The topological polar surface area (TPSA) is 61.8 Å². The number of hydrogen-bond donors (Lipinski definition) is 0. The van der Waals surface area contributed by atoms with Gasteiger partial charge in [0.05, 0.1) is 24.5 Å². The normalized spacial score (nSPS) is 30.9. The standard InChI is InChI=1S/C18H22O5S/c1-10(2)11-9-22-13-8-6-7-12(21-5)15(13)14(11)16-17(19)23-18(3,4)24(16)20/h6-8,11,14,16H,1,9H2,2-5H3/t11-,14+,16?,24+/m1/s1. The second-order valence-corrected chi connectivity index (χ2v) is 8.79. The van der Waals surface area contributed by atoms with Gasteiger partial charge in [-0.3, -0.25) is 9.00 Å². The second-order valence-electron chi connectivity index (χ2n) is 6.70. The summed E-state index contributed by atoms with van der Waals surface area (Å²) in [6.07, 6.45) is 0. The molecule has 1 saturated heterocycles. The van der Waals surface area contributed by atoms with Crippen molar-refractivity contribution in [1.82, 2.24) is 0 Å². The van der Waals surface area contributed by atoms with Crippen LogP contribution in [-0.2, 0) is 20.3 Å². The number of hydrogen-bond acceptors (Lipinski definition) is 5. The average molecular weight is 350 g/mol. The summed E-state index contributed by atoms with van der Waals surface area (Å²) in [5.74, 6) is 0.361. The molecule has 2 aliphatic heterocycles.